The van der Waals surface area contributed by atoms with Crippen molar-refractivity contribution in [1.29, 1.82) is 0 Å². The first kappa shape index (κ1) is 16.4. The van der Waals surface area contributed by atoms with Crippen molar-refractivity contribution in [1.82, 2.24) is 5.32 Å². The van der Waals surface area contributed by atoms with Crippen molar-refractivity contribution in [3.05, 3.63) is 59.7 Å². The third kappa shape index (κ3) is 4.28. The van der Waals surface area contributed by atoms with E-state index in [9.17, 15) is 4.79 Å². The van der Waals surface area contributed by atoms with E-state index in [0.29, 0.717) is 6.54 Å². The molecular weight excluding hydrogens is 300 g/mol. The number of benzene rings is 2. The van der Waals surface area contributed by atoms with Crippen LogP contribution >= 0.6 is 0 Å². The van der Waals surface area contributed by atoms with Crippen LogP contribution in [0.3, 0.4) is 0 Å². The average Bonchev–Trinajstić information content (AvgIpc) is 2.58. The van der Waals surface area contributed by atoms with Gasteiger partial charge in [0.25, 0.3) is 0 Å². The van der Waals surface area contributed by atoms with Gasteiger partial charge in [0.05, 0.1) is 7.11 Å². The van der Waals surface area contributed by atoms with Gasteiger partial charge in [-0.1, -0.05) is 30.7 Å². The molecule has 1 fully saturated rings. The third-order valence-electron chi connectivity index (χ3n) is 4.55. The number of ether oxygens (including phenoxy) is 1. The first-order valence-corrected chi connectivity index (χ1v) is 8.48. The van der Waals surface area contributed by atoms with Crippen LogP contribution in [-0.2, 0) is 17.9 Å². The highest BCUT2D eigenvalue weighted by Gasteiger charge is 2.24. The van der Waals surface area contributed by atoms with Gasteiger partial charge in [-0.3, -0.25) is 4.79 Å². The summed E-state index contributed by atoms with van der Waals surface area (Å²) >= 11 is 0. The van der Waals surface area contributed by atoms with Gasteiger partial charge in [0.1, 0.15) is 5.75 Å². The number of nitrogens with one attached hydrogen (secondary N) is 2. The zero-order valence-electron chi connectivity index (χ0n) is 14.0. The van der Waals surface area contributed by atoms with Gasteiger partial charge in [-0.15, -0.1) is 0 Å². The van der Waals surface area contributed by atoms with Crippen molar-refractivity contribution in [3.63, 3.8) is 0 Å². The average molecular weight is 324 g/mol. The highest BCUT2D eigenvalue weighted by Crippen LogP contribution is 2.26. The molecule has 1 saturated carbocycles. The minimum Gasteiger partial charge on any atom is -0.497 e. The molecule has 126 valence electrons. The van der Waals surface area contributed by atoms with E-state index >= 15 is 0 Å². The van der Waals surface area contributed by atoms with Crippen LogP contribution in [0.25, 0.3) is 0 Å². The minimum atomic E-state index is 0.197. The van der Waals surface area contributed by atoms with Crippen molar-refractivity contribution in [2.24, 2.45) is 5.92 Å². The fourth-order valence-corrected chi connectivity index (χ4v) is 2.69. The largest absolute Gasteiger partial charge is 0.497 e. The molecule has 1 amide bonds. The standard InChI is InChI=1S/C20H24N2O2/c1-24-19-11-7-16(8-12-19)13-21-18-9-5-15(6-10-18)14-22-20(23)17-3-2-4-17/h5-12,17,21H,2-4,13-14H2,1H3,(H,22,23). The number of amides is 1. The molecule has 0 spiro atoms. The lowest BCUT2D eigenvalue weighted by Gasteiger charge is -2.24. The Kier molecular flexibility index (Phi) is 5.36. The molecule has 1 aliphatic rings. The zero-order valence-corrected chi connectivity index (χ0v) is 14.0. The van der Waals surface area contributed by atoms with Crippen LogP contribution in [0.1, 0.15) is 30.4 Å². The molecule has 2 N–H and O–H groups in total. The molecule has 2 aromatic rings. The van der Waals surface area contributed by atoms with E-state index in [-0.39, 0.29) is 11.8 Å². The smallest absolute Gasteiger partial charge is 0.223 e. The summed E-state index contributed by atoms with van der Waals surface area (Å²) in [5, 5.41) is 6.42. The maximum atomic E-state index is 11.8. The first-order chi connectivity index (χ1) is 11.7. The molecule has 24 heavy (non-hydrogen) atoms. The number of methoxy groups -OCH3 is 1. The molecule has 0 unspecified atom stereocenters. The van der Waals surface area contributed by atoms with Gasteiger partial charge >= 0.3 is 0 Å². The van der Waals surface area contributed by atoms with Gasteiger partial charge in [-0.2, -0.15) is 0 Å². The van der Waals surface area contributed by atoms with Crippen LogP contribution < -0.4 is 15.4 Å². The normalized spacial score (nSPS) is 13.9. The summed E-state index contributed by atoms with van der Waals surface area (Å²) in [6.45, 7) is 1.37. The number of hydrogen-bond acceptors (Lipinski definition) is 3. The Balaban J connectivity index is 1.45. The predicted octanol–water partition coefficient (Wildman–Crippen LogP) is 3.72. The lowest BCUT2D eigenvalue weighted by Crippen LogP contribution is -2.33. The van der Waals surface area contributed by atoms with Crippen LogP contribution in [0.5, 0.6) is 5.75 Å². The lowest BCUT2D eigenvalue weighted by molar-refractivity contribution is -0.127. The summed E-state index contributed by atoms with van der Waals surface area (Å²) in [6.07, 6.45) is 3.27. The third-order valence-corrected chi connectivity index (χ3v) is 4.55. The fourth-order valence-electron chi connectivity index (χ4n) is 2.69. The second kappa shape index (κ2) is 7.86. The van der Waals surface area contributed by atoms with Crippen LogP contribution in [0.2, 0.25) is 0 Å². The van der Waals surface area contributed by atoms with E-state index in [2.05, 4.69) is 34.9 Å². The molecule has 0 bridgehead atoms. The molecule has 0 saturated heterocycles. The molecule has 0 heterocycles. The number of hydrogen-bond donors (Lipinski definition) is 2. The Hall–Kier alpha value is -2.49. The second-order valence-corrected chi connectivity index (χ2v) is 6.24. The Labute approximate surface area is 143 Å². The molecule has 0 radical (unpaired) electrons. The molecule has 2 aromatic carbocycles. The van der Waals surface area contributed by atoms with Crippen molar-refractivity contribution >= 4 is 11.6 Å². The predicted molar refractivity (Wildman–Crippen MR) is 96.0 cm³/mol. The summed E-state index contributed by atoms with van der Waals surface area (Å²) in [6, 6.07) is 16.2. The highest BCUT2D eigenvalue weighted by molar-refractivity contribution is 5.79. The topological polar surface area (TPSA) is 50.4 Å². The zero-order chi connectivity index (χ0) is 16.8. The lowest BCUT2D eigenvalue weighted by atomic mass is 9.85. The molecule has 4 nitrogen and oxygen atoms in total. The van der Waals surface area contributed by atoms with Crippen molar-refractivity contribution in [3.8, 4) is 5.75 Å². The molecule has 4 heteroatoms. The Morgan fingerprint density at radius 1 is 1.00 bits per heavy atom. The van der Waals surface area contributed by atoms with Crippen LogP contribution in [0.4, 0.5) is 5.69 Å². The molecule has 3 rings (SSSR count). The van der Waals surface area contributed by atoms with Gasteiger partial charge < -0.3 is 15.4 Å². The second-order valence-electron chi connectivity index (χ2n) is 6.24. The van der Waals surface area contributed by atoms with Crippen molar-refractivity contribution < 1.29 is 9.53 Å². The SMILES string of the molecule is COc1ccc(CNc2ccc(CNC(=O)C3CCC3)cc2)cc1. The Morgan fingerprint density at radius 3 is 2.21 bits per heavy atom. The molecule has 1 aliphatic carbocycles. The number of anilines is 1. The van der Waals surface area contributed by atoms with Gasteiger partial charge in [0.2, 0.25) is 5.91 Å². The maximum absolute atomic E-state index is 11.8. The van der Waals surface area contributed by atoms with Gasteiger partial charge in [-0.05, 0) is 48.2 Å². The first-order valence-electron chi connectivity index (χ1n) is 8.48. The van der Waals surface area contributed by atoms with Gasteiger partial charge in [0, 0.05) is 24.7 Å². The Morgan fingerprint density at radius 2 is 1.62 bits per heavy atom. The number of carbonyl (C=O) groups excluding carboxylic acids is 1. The van der Waals surface area contributed by atoms with Crippen molar-refractivity contribution in [2.45, 2.75) is 32.4 Å². The molecule has 0 atom stereocenters. The highest BCUT2D eigenvalue weighted by atomic mass is 16.5. The van der Waals surface area contributed by atoms with E-state index in [1.807, 2.05) is 24.3 Å². The maximum Gasteiger partial charge on any atom is 0.223 e. The Bertz CT molecular complexity index is 661. The van der Waals surface area contributed by atoms with Gasteiger partial charge in [0.15, 0.2) is 0 Å². The van der Waals surface area contributed by atoms with Gasteiger partial charge in [-0.25, -0.2) is 0 Å². The summed E-state index contributed by atoms with van der Waals surface area (Å²) in [7, 11) is 1.67. The molecule has 0 aromatic heterocycles. The summed E-state index contributed by atoms with van der Waals surface area (Å²) < 4.78 is 5.16. The molecule has 0 aliphatic heterocycles. The molecular formula is C20H24N2O2. The van der Waals surface area contributed by atoms with E-state index in [1.54, 1.807) is 7.11 Å². The van der Waals surface area contributed by atoms with Crippen molar-refractivity contribution in [2.75, 3.05) is 12.4 Å². The summed E-state index contributed by atoms with van der Waals surface area (Å²) in [4.78, 5) is 11.8. The van der Waals surface area contributed by atoms with E-state index in [0.717, 1.165) is 36.4 Å². The van der Waals surface area contributed by atoms with Crippen LogP contribution in [-0.4, -0.2) is 13.0 Å². The van der Waals surface area contributed by atoms with E-state index in [1.165, 1.54) is 12.0 Å². The monoisotopic (exact) mass is 324 g/mol. The minimum absolute atomic E-state index is 0.197. The number of rotatable bonds is 7. The fraction of sp³-hybridized carbons (Fsp3) is 0.350. The summed E-state index contributed by atoms with van der Waals surface area (Å²) in [5.74, 6) is 1.31. The number of carbonyl (C=O) groups is 1. The quantitative estimate of drug-likeness (QED) is 0.816. The summed E-state index contributed by atoms with van der Waals surface area (Å²) in [5.41, 5.74) is 3.39. The van der Waals surface area contributed by atoms with E-state index in [4.69, 9.17) is 4.74 Å². The van der Waals surface area contributed by atoms with Crippen LogP contribution in [0.15, 0.2) is 48.5 Å². The van der Waals surface area contributed by atoms with Crippen LogP contribution in [0, 0.1) is 5.92 Å². The van der Waals surface area contributed by atoms with E-state index < -0.39 is 0 Å².